The van der Waals surface area contributed by atoms with E-state index in [0.717, 1.165) is 28.3 Å². The van der Waals surface area contributed by atoms with Gasteiger partial charge in [-0.15, -0.1) is 0 Å². The van der Waals surface area contributed by atoms with Crippen molar-refractivity contribution >= 4 is 17.2 Å². The maximum Gasteiger partial charge on any atom is 0.137 e. The summed E-state index contributed by atoms with van der Waals surface area (Å²) in [5.41, 5.74) is 10.7. The Morgan fingerprint density at radius 2 is 2.00 bits per heavy atom. The Balaban J connectivity index is 1.72. The molecule has 2 heterocycles. The van der Waals surface area contributed by atoms with Gasteiger partial charge in [-0.2, -0.15) is 5.10 Å². The number of rotatable bonds is 5. The number of nitrogens with two attached hydrogens (primary N) is 1. The number of nitrogens with one attached hydrogen (secondary N) is 1. The van der Waals surface area contributed by atoms with Crippen molar-refractivity contribution in [2.45, 2.75) is 38.1 Å². The zero-order valence-electron chi connectivity index (χ0n) is 16.2. The topological polar surface area (TPSA) is 81.1 Å². The molecule has 0 bridgehead atoms. The maximum atomic E-state index is 6.39. The Kier molecular flexibility index (Phi) is 5.37. The van der Waals surface area contributed by atoms with E-state index in [2.05, 4.69) is 26.5 Å². The van der Waals surface area contributed by atoms with Crippen molar-refractivity contribution in [2.75, 3.05) is 18.1 Å². The Bertz CT molecular complexity index is 955. The summed E-state index contributed by atoms with van der Waals surface area (Å²) in [5.74, 6) is 0.817. The van der Waals surface area contributed by atoms with Crippen molar-refractivity contribution in [3.63, 3.8) is 0 Å². The second-order valence-corrected chi connectivity index (χ2v) is 7.18. The van der Waals surface area contributed by atoms with Crippen LogP contribution in [0.2, 0.25) is 0 Å². The normalized spacial score (nSPS) is 15.5. The van der Waals surface area contributed by atoms with Crippen LogP contribution in [0.3, 0.4) is 0 Å². The highest BCUT2D eigenvalue weighted by molar-refractivity contribution is 6.18. The molecule has 3 N–H and O–H groups in total. The molecule has 0 radical (unpaired) electrons. The van der Waals surface area contributed by atoms with E-state index in [0.29, 0.717) is 11.7 Å². The Hall–Kier alpha value is -3.15. The van der Waals surface area contributed by atoms with Gasteiger partial charge in [-0.25, -0.2) is 9.67 Å². The first-order valence-electron chi connectivity index (χ1n) is 9.85. The first-order chi connectivity index (χ1) is 13.8. The van der Waals surface area contributed by atoms with Gasteiger partial charge in [0.2, 0.25) is 0 Å². The highest BCUT2D eigenvalue weighted by Gasteiger charge is 2.20. The summed E-state index contributed by atoms with van der Waals surface area (Å²) >= 11 is 0. The SMILES string of the molecule is CN=C(c1cccc(-n2cccn2)c1)c1c(N)ccnc1NC1CCCCC1. The van der Waals surface area contributed by atoms with E-state index < -0.39 is 0 Å². The van der Waals surface area contributed by atoms with Crippen LogP contribution in [0, 0.1) is 0 Å². The van der Waals surface area contributed by atoms with Crippen LogP contribution in [-0.4, -0.2) is 33.6 Å². The molecule has 1 aliphatic carbocycles. The molecule has 4 rings (SSSR count). The maximum absolute atomic E-state index is 6.39. The first kappa shape index (κ1) is 18.2. The monoisotopic (exact) mass is 374 g/mol. The van der Waals surface area contributed by atoms with Gasteiger partial charge in [0.05, 0.1) is 17.0 Å². The van der Waals surface area contributed by atoms with Crippen LogP contribution in [0.15, 0.2) is 60.0 Å². The van der Waals surface area contributed by atoms with E-state index in [4.69, 9.17) is 5.73 Å². The quantitative estimate of drug-likeness (QED) is 0.660. The van der Waals surface area contributed by atoms with Crippen molar-refractivity contribution in [2.24, 2.45) is 4.99 Å². The van der Waals surface area contributed by atoms with Crippen LogP contribution >= 0.6 is 0 Å². The molecule has 6 nitrogen and oxygen atoms in total. The third kappa shape index (κ3) is 3.76. The molecule has 0 saturated heterocycles. The average Bonchev–Trinajstić information content (AvgIpc) is 3.27. The van der Waals surface area contributed by atoms with E-state index in [1.165, 1.54) is 32.1 Å². The van der Waals surface area contributed by atoms with Gasteiger partial charge in [-0.1, -0.05) is 31.4 Å². The number of nitrogens with zero attached hydrogens (tertiary/aromatic N) is 4. The zero-order chi connectivity index (χ0) is 19.3. The lowest BCUT2D eigenvalue weighted by Crippen LogP contribution is -2.25. The fourth-order valence-corrected chi connectivity index (χ4v) is 3.88. The van der Waals surface area contributed by atoms with Crippen LogP contribution in [0.1, 0.15) is 43.2 Å². The molecule has 0 amide bonds. The zero-order valence-corrected chi connectivity index (χ0v) is 16.2. The summed E-state index contributed by atoms with van der Waals surface area (Å²) in [6.07, 6.45) is 11.6. The summed E-state index contributed by atoms with van der Waals surface area (Å²) in [5, 5.41) is 7.95. The number of benzene rings is 1. The van der Waals surface area contributed by atoms with Gasteiger partial charge in [0.15, 0.2) is 0 Å². The van der Waals surface area contributed by atoms with E-state index in [1.807, 2.05) is 41.2 Å². The van der Waals surface area contributed by atoms with Crippen molar-refractivity contribution in [1.82, 2.24) is 14.8 Å². The summed E-state index contributed by atoms with van der Waals surface area (Å²) < 4.78 is 1.84. The van der Waals surface area contributed by atoms with Gasteiger partial charge in [0.25, 0.3) is 0 Å². The summed E-state index contributed by atoms with van der Waals surface area (Å²) in [4.78, 5) is 9.20. The van der Waals surface area contributed by atoms with E-state index in [1.54, 1.807) is 19.4 Å². The third-order valence-electron chi connectivity index (χ3n) is 5.28. The lowest BCUT2D eigenvalue weighted by atomic mass is 9.94. The minimum Gasteiger partial charge on any atom is -0.398 e. The van der Waals surface area contributed by atoms with Crippen LogP contribution in [0.5, 0.6) is 0 Å². The summed E-state index contributed by atoms with van der Waals surface area (Å²) in [7, 11) is 1.80. The fourth-order valence-electron chi connectivity index (χ4n) is 3.88. The van der Waals surface area contributed by atoms with E-state index in [9.17, 15) is 0 Å². The van der Waals surface area contributed by atoms with Gasteiger partial charge < -0.3 is 11.1 Å². The van der Waals surface area contributed by atoms with Crippen molar-refractivity contribution < 1.29 is 0 Å². The predicted molar refractivity (Wildman–Crippen MR) is 114 cm³/mol. The standard InChI is InChI=1S/C22H26N6/c1-24-21(16-7-5-10-18(15-16)28-14-6-12-26-28)20-19(23)11-13-25-22(20)27-17-8-3-2-4-9-17/h5-7,10-15,17H,2-4,8-9H2,1H3,(H3,23,25,27). The minimum atomic E-state index is 0.440. The lowest BCUT2D eigenvalue weighted by molar-refractivity contribution is 0.462. The molecule has 1 fully saturated rings. The molecule has 0 spiro atoms. The van der Waals surface area contributed by atoms with Gasteiger partial charge in [0.1, 0.15) is 5.82 Å². The molecule has 2 aromatic heterocycles. The lowest BCUT2D eigenvalue weighted by Gasteiger charge is -2.25. The summed E-state index contributed by atoms with van der Waals surface area (Å²) in [6.45, 7) is 0. The number of aromatic nitrogens is 3. The van der Waals surface area contributed by atoms with Gasteiger partial charge in [-0.05, 0) is 37.1 Å². The molecule has 0 atom stereocenters. The van der Waals surface area contributed by atoms with Crippen LogP contribution in [-0.2, 0) is 0 Å². The molecule has 6 heteroatoms. The molecule has 1 saturated carbocycles. The highest BCUT2D eigenvalue weighted by atomic mass is 15.3. The molecule has 28 heavy (non-hydrogen) atoms. The van der Waals surface area contributed by atoms with Crippen LogP contribution < -0.4 is 11.1 Å². The van der Waals surface area contributed by atoms with E-state index >= 15 is 0 Å². The number of anilines is 2. The highest BCUT2D eigenvalue weighted by Crippen LogP contribution is 2.28. The molecule has 0 aliphatic heterocycles. The first-order valence-corrected chi connectivity index (χ1v) is 9.85. The molecule has 1 aliphatic rings. The predicted octanol–water partition coefficient (Wildman–Crippen LogP) is 4.06. The number of hydrogen-bond donors (Lipinski definition) is 2. The Morgan fingerprint density at radius 1 is 1.14 bits per heavy atom. The van der Waals surface area contributed by atoms with Gasteiger partial charge >= 0.3 is 0 Å². The van der Waals surface area contributed by atoms with Gasteiger partial charge in [-0.3, -0.25) is 4.99 Å². The molecular weight excluding hydrogens is 348 g/mol. The summed E-state index contributed by atoms with van der Waals surface area (Å²) in [6, 6.07) is 12.3. The largest absolute Gasteiger partial charge is 0.398 e. The third-order valence-corrected chi connectivity index (χ3v) is 5.28. The second kappa shape index (κ2) is 8.25. The van der Waals surface area contributed by atoms with E-state index in [-0.39, 0.29) is 0 Å². The van der Waals surface area contributed by atoms with Crippen molar-refractivity contribution in [3.8, 4) is 5.69 Å². The molecular formula is C22H26N6. The van der Waals surface area contributed by atoms with Gasteiger partial charge in [0, 0.05) is 42.9 Å². The van der Waals surface area contributed by atoms with Crippen LogP contribution in [0.25, 0.3) is 5.69 Å². The smallest absolute Gasteiger partial charge is 0.137 e. The van der Waals surface area contributed by atoms with Crippen LogP contribution in [0.4, 0.5) is 11.5 Å². The average molecular weight is 374 g/mol. The number of nitrogen functional groups attached to an aromatic ring is 1. The molecule has 0 unspecified atom stereocenters. The Labute approximate surface area is 165 Å². The minimum absolute atomic E-state index is 0.440. The van der Waals surface area contributed by atoms with Crippen molar-refractivity contribution in [1.29, 1.82) is 0 Å². The number of pyridine rings is 1. The Morgan fingerprint density at radius 3 is 2.75 bits per heavy atom. The second-order valence-electron chi connectivity index (χ2n) is 7.18. The molecule has 144 valence electrons. The fraction of sp³-hybridized carbons (Fsp3) is 0.318. The molecule has 3 aromatic rings. The molecule has 1 aromatic carbocycles. The number of aliphatic imine (C=N–C) groups is 1. The van der Waals surface area contributed by atoms with Crippen molar-refractivity contribution in [3.05, 3.63) is 66.1 Å². The number of hydrogen-bond acceptors (Lipinski definition) is 5.